The van der Waals surface area contributed by atoms with Crippen molar-refractivity contribution in [3.8, 4) is 6.01 Å². The topological polar surface area (TPSA) is 86.0 Å². The highest BCUT2D eigenvalue weighted by Gasteiger charge is 2.27. The minimum absolute atomic E-state index is 0.00195. The summed E-state index contributed by atoms with van der Waals surface area (Å²) in [6.07, 6.45) is 5.06. The number of fused-ring (bicyclic) bond motifs is 1. The lowest BCUT2D eigenvalue weighted by atomic mass is 10.2. The van der Waals surface area contributed by atoms with Crippen LogP contribution in [0.5, 0.6) is 6.01 Å². The molecule has 1 amide bonds. The fourth-order valence-corrected chi connectivity index (χ4v) is 3.08. The van der Waals surface area contributed by atoms with Crippen LogP contribution in [-0.2, 0) is 24.3 Å². The van der Waals surface area contributed by atoms with Gasteiger partial charge in [0.15, 0.2) is 0 Å². The van der Waals surface area contributed by atoms with Crippen molar-refractivity contribution in [1.82, 2.24) is 29.6 Å². The molecule has 0 saturated heterocycles. The third-order valence-electron chi connectivity index (χ3n) is 4.41. The molecule has 0 saturated carbocycles. The predicted molar refractivity (Wildman–Crippen MR) is 96.8 cm³/mol. The Morgan fingerprint density at radius 1 is 1.15 bits per heavy atom. The summed E-state index contributed by atoms with van der Waals surface area (Å²) < 4.78 is 7.85. The van der Waals surface area contributed by atoms with Gasteiger partial charge in [0.1, 0.15) is 6.10 Å². The fraction of sp³-hybridized carbons (Fsp3) is 0.316. The van der Waals surface area contributed by atoms with Gasteiger partial charge in [-0.05, 0) is 31.2 Å². The summed E-state index contributed by atoms with van der Waals surface area (Å²) in [7, 11) is 0. The fourth-order valence-electron chi connectivity index (χ4n) is 3.08. The van der Waals surface area contributed by atoms with Crippen LogP contribution in [0, 0.1) is 6.92 Å². The summed E-state index contributed by atoms with van der Waals surface area (Å²) in [5, 5.41) is 4.35. The zero-order valence-electron chi connectivity index (χ0n) is 15.0. The first kappa shape index (κ1) is 17.1. The Bertz CT molecular complexity index is 927. The molecule has 0 bridgehead atoms. The highest BCUT2D eigenvalue weighted by Crippen LogP contribution is 2.16. The Morgan fingerprint density at radius 3 is 2.89 bits per heavy atom. The molecule has 0 N–H and O–H groups in total. The van der Waals surface area contributed by atoms with Crippen LogP contribution in [0.4, 0.5) is 0 Å². The second-order valence-electron chi connectivity index (χ2n) is 6.50. The molecular weight excluding hydrogens is 344 g/mol. The molecule has 1 unspecified atom stereocenters. The van der Waals surface area contributed by atoms with E-state index >= 15 is 0 Å². The highest BCUT2D eigenvalue weighted by atomic mass is 16.5. The molecule has 1 atom stereocenters. The second-order valence-corrected chi connectivity index (χ2v) is 6.50. The standard InChI is InChI=1S/C19H20N6O2/c1-14-5-8-21-19(23-14)27-17-12-24(11-16-6-9-22-25(16)13-17)18(26)10-15-4-2-3-7-20-15/h2-9,17H,10-13H2,1H3. The number of hydrogen-bond acceptors (Lipinski definition) is 6. The number of aryl methyl sites for hydroxylation is 1. The lowest BCUT2D eigenvalue weighted by molar-refractivity contribution is -0.132. The normalized spacial score (nSPS) is 16.5. The van der Waals surface area contributed by atoms with Crippen LogP contribution in [0.15, 0.2) is 48.9 Å². The van der Waals surface area contributed by atoms with E-state index in [-0.39, 0.29) is 18.4 Å². The largest absolute Gasteiger partial charge is 0.456 e. The van der Waals surface area contributed by atoms with Crippen LogP contribution in [-0.4, -0.2) is 48.2 Å². The van der Waals surface area contributed by atoms with Crippen molar-refractivity contribution in [3.05, 3.63) is 66.0 Å². The highest BCUT2D eigenvalue weighted by molar-refractivity contribution is 5.78. The summed E-state index contributed by atoms with van der Waals surface area (Å²) in [5.74, 6) is 0.00195. The molecule has 4 heterocycles. The number of aromatic nitrogens is 5. The molecule has 0 aromatic carbocycles. The van der Waals surface area contributed by atoms with Gasteiger partial charge in [0.05, 0.1) is 31.7 Å². The van der Waals surface area contributed by atoms with Crippen molar-refractivity contribution in [3.63, 3.8) is 0 Å². The number of hydrogen-bond donors (Lipinski definition) is 0. The quantitative estimate of drug-likeness (QED) is 0.696. The molecule has 0 aliphatic carbocycles. The van der Waals surface area contributed by atoms with Crippen LogP contribution in [0.2, 0.25) is 0 Å². The van der Waals surface area contributed by atoms with Crippen molar-refractivity contribution < 1.29 is 9.53 Å². The summed E-state index contributed by atoms with van der Waals surface area (Å²) in [6, 6.07) is 9.63. The molecule has 0 fully saturated rings. The number of nitrogens with zero attached hydrogens (tertiary/aromatic N) is 6. The lowest BCUT2D eigenvalue weighted by Crippen LogP contribution is -2.39. The first-order valence-electron chi connectivity index (χ1n) is 8.82. The lowest BCUT2D eigenvalue weighted by Gasteiger charge is -2.24. The van der Waals surface area contributed by atoms with Gasteiger partial charge in [-0.25, -0.2) is 9.97 Å². The number of rotatable bonds is 4. The molecule has 3 aromatic rings. The van der Waals surface area contributed by atoms with Gasteiger partial charge in [-0.3, -0.25) is 14.5 Å². The van der Waals surface area contributed by atoms with E-state index in [0.717, 1.165) is 17.1 Å². The summed E-state index contributed by atoms with van der Waals surface area (Å²) in [4.78, 5) is 27.4. The average Bonchev–Trinajstić information content (AvgIpc) is 3.01. The molecule has 138 valence electrons. The number of carbonyl (C=O) groups is 1. The number of pyridine rings is 1. The Morgan fingerprint density at radius 2 is 2.07 bits per heavy atom. The maximum Gasteiger partial charge on any atom is 0.316 e. The van der Waals surface area contributed by atoms with E-state index in [1.54, 1.807) is 23.5 Å². The molecule has 1 aliphatic rings. The van der Waals surface area contributed by atoms with Crippen molar-refractivity contribution in [2.75, 3.05) is 6.54 Å². The molecule has 8 heteroatoms. The van der Waals surface area contributed by atoms with Crippen LogP contribution in [0.3, 0.4) is 0 Å². The minimum atomic E-state index is -0.291. The van der Waals surface area contributed by atoms with Gasteiger partial charge in [0, 0.05) is 30.0 Å². The molecule has 3 aromatic heterocycles. The Kier molecular flexibility index (Phi) is 4.78. The SMILES string of the molecule is Cc1ccnc(OC2CN(C(=O)Cc3ccccn3)Cc3ccnn3C2)n1. The number of amides is 1. The van der Waals surface area contributed by atoms with Crippen LogP contribution >= 0.6 is 0 Å². The predicted octanol–water partition coefficient (Wildman–Crippen LogP) is 1.41. The van der Waals surface area contributed by atoms with E-state index in [0.29, 0.717) is 25.6 Å². The zero-order valence-corrected chi connectivity index (χ0v) is 15.0. The minimum Gasteiger partial charge on any atom is -0.456 e. The van der Waals surface area contributed by atoms with E-state index in [4.69, 9.17) is 4.74 Å². The molecule has 1 aliphatic heterocycles. The van der Waals surface area contributed by atoms with Gasteiger partial charge in [0.2, 0.25) is 5.91 Å². The van der Waals surface area contributed by atoms with Gasteiger partial charge >= 0.3 is 6.01 Å². The summed E-state index contributed by atoms with van der Waals surface area (Å²) >= 11 is 0. The van der Waals surface area contributed by atoms with Crippen LogP contribution < -0.4 is 4.74 Å². The van der Waals surface area contributed by atoms with Crippen LogP contribution in [0.25, 0.3) is 0 Å². The maximum atomic E-state index is 12.9. The smallest absolute Gasteiger partial charge is 0.316 e. The zero-order chi connectivity index (χ0) is 18.6. The molecule has 0 radical (unpaired) electrons. The number of ether oxygens (including phenoxy) is 1. The van der Waals surface area contributed by atoms with Gasteiger partial charge in [0.25, 0.3) is 0 Å². The first-order chi connectivity index (χ1) is 13.2. The first-order valence-corrected chi connectivity index (χ1v) is 8.82. The third-order valence-corrected chi connectivity index (χ3v) is 4.41. The van der Waals surface area contributed by atoms with Crippen molar-refractivity contribution in [1.29, 1.82) is 0 Å². The number of carbonyl (C=O) groups excluding carboxylic acids is 1. The van der Waals surface area contributed by atoms with Crippen molar-refractivity contribution in [2.24, 2.45) is 0 Å². The molecule has 4 rings (SSSR count). The Balaban J connectivity index is 1.53. The maximum absolute atomic E-state index is 12.9. The van der Waals surface area contributed by atoms with Crippen molar-refractivity contribution in [2.45, 2.75) is 32.5 Å². The molecule has 27 heavy (non-hydrogen) atoms. The summed E-state index contributed by atoms with van der Waals surface area (Å²) in [6.45, 7) is 3.34. The second kappa shape index (κ2) is 7.53. The monoisotopic (exact) mass is 364 g/mol. The van der Waals surface area contributed by atoms with Crippen LogP contribution in [0.1, 0.15) is 17.1 Å². The average molecular weight is 364 g/mol. The Labute approximate surface area is 156 Å². The van der Waals surface area contributed by atoms with E-state index in [9.17, 15) is 4.79 Å². The van der Waals surface area contributed by atoms with Gasteiger partial charge in [-0.1, -0.05) is 6.07 Å². The third kappa shape index (κ3) is 4.11. The van der Waals surface area contributed by atoms with Gasteiger partial charge in [-0.15, -0.1) is 0 Å². The van der Waals surface area contributed by atoms with Gasteiger partial charge in [-0.2, -0.15) is 5.10 Å². The van der Waals surface area contributed by atoms with E-state index in [2.05, 4.69) is 20.1 Å². The molecule has 0 spiro atoms. The molecular formula is C19H20N6O2. The van der Waals surface area contributed by atoms with Crippen molar-refractivity contribution >= 4 is 5.91 Å². The molecule has 8 nitrogen and oxygen atoms in total. The van der Waals surface area contributed by atoms with E-state index in [1.165, 1.54) is 0 Å². The summed E-state index contributed by atoms with van der Waals surface area (Å²) in [5.41, 5.74) is 2.55. The Hall–Kier alpha value is -3.29. The van der Waals surface area contributed by atoms with Gasteiger partial charge < -0.3 is 9.64 Å². The van der Waals surface area contributed by atoms with E-state index in [1.807, 2.05) is 41.9 Å². The van der Waals surface area contributed by atoms with E-state index < -0.39 is 0 Å².